The van der Waals surface area contributed by atoms with Crippen LogP contribution in [0.1, 0.15) is 33.9 Å². The lowest BCUT2D eigenvalue weighted by atomic mass is 10.1. The molecule has 1 aromatic carbocycles. The average Bonchev–Trinajstić information content (AvgIpc) is 2.99. The number of hydrogen-bond acceptors (Lipinski definition) is 5. The summed E-state index contributed by atoms with van der Waals surface area (Å²) in [5, 5.41) is 0.723. The fraction of sp³-hybridized carbons (Fsp3) is 0.227. The predicted octanol–water partition coefficient (Wildman–Crippen LogP) is 5.65. The number of aryl methyl sites for hydroxylation is 2. The monoisotopic (exact) mass is 443 g/mol. The molecule has 154 valence electrons. The van der Waals surface area contributed by atoms with Crippen molar-refractivity contribution in [3.8, 4) is 0 Å². The number of thiophene rings is 1. The quantitative estimate of drug-likeness (QED) is 0.295. The van der Waals surface area contributed by atoms with Crippen molar-refractivity contribution in [2.75, 3.05) is 0 Å². The number of pyridine rings is 1. The van der Waals surface area contributed by atoms with Crippen LogP contribution < -0.4 is 5.56 Å². The maximum absolute atomic E-state index is 14.3. The summed E-state index contributed by atoms with van der Waals surface area (Å²) in [6, 6.07) is 9.06. The maximum Gasteiger partial charge on any atom is 0.263 e. The van der Waals surface area contributed by atoms with Gasteiger partial charge in [0.1, 0.15) is 16.5 Å². The molecule has 30 heavy (non-hydrogen) atoms. The fourth-order valence-corrected chi connectivity index (χ4v) is 5.38. The zero-order valence-electron chi connectivity index (χ0n) is 16.6. The Labute approximate surface area is 180 Å². The summed E-state index contributed by atoms with van der Waals surface area (Å²) in [6.07, 6.45) is 1.68. The number of aromatic nitrogens is 3. The van der Waals surface area contributed by atoms with E-state index in [1.807, 2.05) is 39.0 Å². The molecule has 3 heterocycles. The van der Waals surface area contributed by atoms with Gasteiger partial charge >= 0.3 is 0 Å². The molecule has 0 fully saturated rings. The number of halogens is 2. The molecule has 8 heteroatoms. The normalized spacial score (nSPS) is 12.4. The van der Waals surface area contributed by atoms with Crippen LogP contribution in [0.25, 0.3) is 10.2 Å². The Kier molecular flexibility index (Phi) is 5.71. The fourth-order valence-electron chi connectivity index (χ4n) is 3.24. The molecule has 0 aliphatic rings. The molecule has 0 aliphatic heterocycles. The minimum atomic E-state index is -0.621. The van der Waals surface area contributed by atoms with Gasteiger partial charge in [0.2, 0.25) is 0 Å². The van der Waals surface area contributed by atoms with Crippen molar-refractivity contribution in [2.24, 2.45) is 0 Å². The van der Waals surface area contributed by atoms with Gasteiger partial charge in [0.05, 0.1) is 17.6 Å². The SMILES string of the molecule is Cc1sc2nc(SC(C)c3ccc(F)cc3F)n(Cc3ccccn3)c(=O)c2c1C. The van der Waals surface area contributed by atoms with Gasteiger partial charge in [0.25, 0.3) is 5.56 Å². The minimum Gasteiger partial charge on any atom is -0.281 e. The summed E-state index contributed by atoms with van der Waals surface area (Å²) in [5.41, 5.74) is 1.88. The molecule has 1 atom stereocenters. The van der Waals surface area contributed by atoms with Crippen molar-refractivity contribution in [3.05, 3.63) is 86.3 Å². The number of nitrogens with zero attached hydrogens (tertiary/aromatic N) is 3. The van der Waals surface area contributed by atoms with Gasteiger partial charge in [0.15, 0.2) is 5.16 Å². The van der Waals surface area contributed by atoms with Crippen LogP contribution in [-0.4, -0.2) is 14.5 Å². The second-order valence-electron chi connectivity index (χ2n) is 7.00. The predicted molar refractivity (Wildman–Crippen MR) is 117 cm³/mol. The zero-order valence-corrected chi connectivity index (χ0v) is 18.3. The molecule has 4 rings (SSSR count). The van der Waals surface area contributed by atoms with Crippen LogP contribution in [0.3, 0.4) is 0 Å². The third-order valence-corrected chi connectivity index (χ3v) is 7.21. The van der Waals surface area contributed by atoms with Crippen LogP contribution in [-0.2, 0) is 6.54 Å². The molecule has 0 saturated carbocycles. The summed E-state index contributed by atoms with van der Waals surface area (Å²) in [5.74, 6) is -1.23. The van der Waals surface area contributed by atoms with Crippen LogP contribution in [0.2, 0.25) is 0 Å². The van der Waals surface area contributed by atoms with E-state index in [0.717, 1.165) is 22.2 Å². The van der Waals surface area contributed by atoms with Gasteiger partial charge in [-0.2, -0.15) is 0 Å². The number of benzene rings is 1. The average molecular weight is 444 g/mol. The van der Waals surface area contributed by atoms with E-state index in [9.17, 15) is 13.6 Å². The van der Waals surface area contributed by atoms with Gasteiger partial charge in [-0.1, -0.05) is 23.9 Å². The van der Waals surface area contributed by atoms with Gasteiger partial charge in [-0.3, -0.25) is 14.3 Å². The molecular formula is C22H19F2N3OS2. The highest BCUT2D eigenvalue weighted by molar-refractivity contribution is 7.99. The molecule has 3 aromatic heterocycles. The van der Waals surface area contributed by atoms with E-state index in [0.29, 0.717) is 20.9 Å². The highest BCUT2D eigenvalue weighted by Gasteiger charge is 2.21. The third-order valence-electron chi connectivity index (χ3n) is 4.98. The van der Waals surface area contributed by atoms with Crippen molar-refractivity contribution in [2.45, 2.75) is 37.7 Å². The molecule has 4 aromatic rings. The van der Waals surface area contributed by atoms with Crippen LogP contribution in [0.4, 0.5) is 8.78 Å². The Morgan fingerprint density at radius 2 is 2.00 bits per heavy atom. The number of thioether (sulfide) groups is 1. The van der Waals surface area contributed by atoms with E-state index in [-0.39, 0.29) is 17.4 Å². The van der Waals surface area contributed by atoms with Gasteiger partial charge in [0, 0.05) is 28.0 Å². The lowest BCUT2D eigenvalue weighted by molar-refractivity contribution is 0.572. The van der Waals surface area contributed by atoms with Gasteiger partial charge in [-0.25, -0.2) is 13.8 Å². The summed E-state index contributed by atoms with van der Waals surface area (Å²) < 4.78 is 29.2. The van der Waals surface area contributed by atoms with E-state index < -0.39 is 11.6 Å². The largest absolute Gasteiger partial charge is 0.281 e. The van der Waals surface area contributed by atoms with Crippen LogP contribution in [0, 0.1) is 25.5 Å². The Morgan fingerprint density at radius 3 is 2.70 bits per heavy atom. The first kappa shape index (κ1) is 20.7. The Hall–Kier alpha value is -2.58. The lowest BCUT2D eigenvalue weighted by Gasteiger charge is -2.16. The van der Waals surface area contributed by atoms with E-state index in [4.69, 9.17) is 4.98 Å². The summed E-state index contributed by atoms with van der Waals surface area (Å²) in [6.45, 7) is 5.96. The number of rotatable bonds is 5. The standard InChI is InChI=1S/C22H19F2N3OS2/c1-12-13(2)29-20-19(12)21(28)27(11-16-6-4-5-9-25-16)22(26-20)30-14(3)17-8-7-15(23)10-18(17)24/h4-10,14H,11H2,1-3H3. The van der Waals surface area contributed by atoms with E-state index >= 15 is 0 Å². The van der Waals surface area contributed by atoms with Gasteiger partial charge in [-0.15, -0.1) is 11.3 Å². The molecule has 0 bridgehead atoms. The highest BCUT2D eigenvalue weighted by atomic mass is 32.2. The smallest absolute Gasteiger partial charge is 0.263 e. The second kappa shape index (κ2) is 8.28. The summed E-state index contributed by atoms with van der Waals surface area (Å²) >= 11 is 2.75. The molecule has 0 amide bonds. The van der Waals surface area contributed by atoms with Crippen molar-refractivity contribution in [1.29, 1.82) is 0 Å². The van der Waals surface area contributed by atoms with E-state index in [1.165, 1.54) is 35.2 Å². The first-order chi connectivity index (χ1) is 14.3. The van der Waals surface area contributed by atoms with Crippen LogP contribution in [0.5, 0.6) is 0 Å². The Morgan fingerprint density at radius 1 is 1.20 bits per heavy atom. The second-order valence-corrected chi connectivity index (χ2v) is 9.51. The molecule has 0 N–H and O–H groups in total. The first-order valence-corrected chi connectivity index (χ1v) is 11.1. The maximum atomic E-state index is 14.3. The summed E-state index contributed by atoms with van der Waals surface area (Å²) in [4.78, 5) is 24.2. The Balaban J connectivity index is 1.82. The van der Waals surface area contributed by atoms with Crippen molar-refractivity contribution < 1.29 is 8.78 Å². The molecule has 1 unspecified atom stereocenters. The van der Waals surface area contributed by atoms with Crippen molar-refractivity contribution in [1.82, 2.24) is 14.5 Å². The molecular weight excluding hydrogens is 424 g/mol. The van der Waals surface area contributed by atoms with Gasteiger partial charge < -0.3 is 0 Å². The van der Waals surface area contributed by atoms with E-state index in [1.54, 1.807) is 10.8 Å². The number of fused-ring (bicyclic) bond motifs is 1. The Bertz CT molecular complexity index is 1290. The molecule has 0 aliphatic carbocycles. The number of hydrogen-bond donors (Lipinski definition) is 0. The van der Waals surface area contributed by atoms with E-state index in [2.05, 4.69) is 4.98 Å². The highest BCUT2D eigenvalue weighted by Crippen LogP contribution is 2.36. The molecule has 0 radical (unpaired) electrons. The molecule has 4 nitrogen and oxygen atoms in total. The van der Waals surface area contributed by atoms with Crippen molar-refractivity contribution >= 4 is 33.3 Å². The topological polar surface area (TPSA) is 47.8 Å². The van der Waals surface area contributed by atoms with Crippen LogP contribution in [0.15, 0.2) is 52.5 Å². The molecule has 0 spiro atoms. The first-order valence-electron chi connectivity index (χ1n) is 9.37. The lowest BCUT2D eigenvalue weighted by Crippen LogP contribution is -2.24. The third kappa shape index (κ3) is 3.89. The minimum absolute atomic E-state index is 0.137. The molecule has 0 saturated heterocycles. The van der Waals surface area contributed by atoms with Crippen LogP contribution >= 0.6 is 23.1 Å². The summed E-state index contributed by atoms with van der Waals surface area (Å²) in [7, 11) is 0. The van der Waals surface area contributed by atoms with Gasteiger partial charge in [-0.05, 0) is 44.5 Å². The zero-order chi connectivity index (χ0) is 21.4. The van der Waals surface area contributed by atoms with Crippen molar-refractivity contribution in [3.63, 3.8) is 0 Å².